The highest BCUT2D eigenvalue weighted by molar-refractivity contribution is 9.10. The largest absolute Gasteiger partial charge is 0.494 e. The van der Waals surface area contributed by atoms with E-state index in [-0.39, 0.29) is 18.3 Å². The van der Waals surface area contributed by atoms with Crippen LogP contribution in [-0.4, -0.2) is 25.3 Å². The van der Waals surface area contributed by atoms with Gasteiger partial charge in [0.05, 0.1) is 23.9 Å². The number of carbonyl (C=O) groups excluding carboxylic acids is 1. The van der Waals surface area contributed by atoms with Crippen molar-refractivity contribution in [2.45, 2.75) is 20.5 Å². The van der Waals surface area contributed by atoms with E-state index in [1.54, 1.807) is 48.5 Å². The summed E-state index contributed by atoms with van der Waals surface area (Å²) in [6, 6.07) is 16.5. The van der Waals surface area contributed by atoms with Crippen molar-refractivity contribution < 1.29 is 23.4 Å². The van der Waals surface area contributed by atoms with Crippen molar-refractivity contribution in [2.24, 2.45) is 5.10 Å². The molecule has 0 spiro atoms. The number of halogens is 2. The molecule has 0 saturated carbocycles. The second kappa shape index (κ2) is 12.0. The average Bonchev–Trinajstić information content (AvgIpc) is 2.80. The van der Waals surface area contributed by atoms with Crippen LogP contribution in [0.5, 0.6) is 17.2 Å². The number of hydrogen-bond acceptors (Lipinski definition) is 5. The smallest absolute Gasteiger partial charge is 0.271 e. The molecular weight excluding hydrogens is 491 g/mol. The van der Waals surface area contributed by atoms with Crippen LogP contribution in [-0.2, 0) is 6.61 Å². The third-order valence-electron chi connectivity index (χ3n) is 4.44. The number of ether oxygens (including phenoxy) is 3. The van der Waals surface area contributed by atoms with Gasteiger partial charge in [0.25, 0.3) is 5.91 Å². The van der Waals surface area contributed by atoms with Crippen LogP contribution in [0.2, 0.25) is 0 Å². The Morgan fingerprint density at radius 2 is 1.70 bits per heavy atom. The molecule has 3 aromatic rings. The Hall–Kier alpha value is -3.39. The molecule has 0 aliphatic rings. The minimum Gasteiger partial charge on any atom is -0.494 e. The summed E-state index contributed by atoms with van der Waals surface area (Å²) in [5.74, 6) is 1.11. The molecule has 0 unspecified atom stereocenters. The maximum Gasteiger partial charge on any atom is 0.271 e. The van der Waals surface area contributed by atoms with Gasteiger partial charge in [0.2, 0.25) is 0 Å². The zero-order chi connectivity index (χ0) is 23.6. The van der Waals surface area contributed by atoms with E-state index >= 15 is 0 Å². The minimum absolute atomic E-state index is 0.254. The van der Waals surface area contributed by atoms with Gasteiger partial charge in [0.1, 0.15) is 18.2 Å². The van der Waals surface area contributed by atoms with Crippen molar-refractivity contribution in [3.8, 4) is 17.2 Å². The quantitative estimate of drug-likeness (QED) is 0.277. The number of benzene rings is 3. The van der Waals surface area contributed by atoms with E-state index in [0.717, 1.165) is 5.56 Å². The van der Waals surface area contributed by atoms with Crippen LogP contribution < -0.4 is 19.6 Å². The van der Waals surface area contributed by atoms with Crippen molar-refractivity contribution >= 4 is 28.1 Å². The summed E-state index contributed by atoms with van der Waals surface area (Å²) in [4.78, 5) is 12.3. The zero-order valence-electron chi connectivity index (χ0n) is 18.3. The van der Waals surface area contributed by atoms with Gasteiger partial charge in [0.15, 0.2) is 11.5 Å². The second-order valence-corrected chi connectivity index (χ2v) is 7.69. The van der Waals surface area contributed by atoms with Crippen molar-refractivity contribution in [3.63, 3.8) is 0 Å². The van der Waals surface area contributed by atoms with E-state index in [1.165, 1.54) is 18.3 Å². The lowest BCUT2D eigenvalue weighted by molar-refractivity contribution is 0.0955. The van der Waals surface area contributed by atoms with Crippen LogP contribution in [0.3, 0.4) is 0 Å². The van der Waals surface area contributed by atoms with Crippen molar-refractivity contribution in [2.75, 3.05) is 13.2 Å². The Morgan fingerprint density at radius 1 is 1.00 bits per heavy atom. The fraction of sp³-hybridized carbons (Fsp3) is 0.200. The van der Waals surface area contributed by atoms with Crippen molar-refractivity contribution in [1.82, 2.24) is 5.43 Å². The monoisotopic (exact) mass is 514 g/mol. The molecule has 0 aromatic heterocycles. The van der Waals surface area contributed by atoms with Crippen LogP contribution in [0.15, 0.2) is 70.2 Å². The maximum absolute atomic E-state index is 13.1. The van der Waals surface area contributed by atoms with Gasteiger partial charge in [-0.2, -0.15) is 5.10 Å². The predicted molar refractivity (Wildman–Crippen MR) is 129 cm³/mol. The standard InChI is InChI=1S/C25H24BrFN2O4/c1-3-31-21-11-7-19(8-12-21)25(30)29-28-15-18-13-22(26)24(23(14-18)32-4-2)33-16-17-5-9-20(27)10-6-17/h5-15H,3-4,16H2,1-2H3,(H,29,30)/b28-15-. The summed E-state index contributed by atoms with van der Waals surface area (Å²) in [5, 5.41) is 4.04. The van der Waals surface area contributed by atoms with Crippen LogP contribution in [0.4, 0.5) is 4.39 Å². The molecule has 0 radical (unpaired) electrons. The van der Waals surface area contributed by atoms with Gasteiger partial charge in [-0.15, -0.1) is 0 Å². The normalized spacial score (nSPS) is 10.8. The molecule has 0 saturated heterocycles. The number of hydrazone groups is 1. The molecule has 33 heavy (non-hydrogen) atoms. The van der Waals surface area contributed by atoms with Crippen LogP contribution >= 0.6 is 15.9 Å². The van der Waals surface area contributed by atoms with Crippen LogP contribution in [0, 0.1) is 5.82 Å². The number of carbonyl (C=O) groups is 1. The van der Waals surface area contributed by atoms with Gasteiger partial charge in [0, 0.05) is 5.56 Å². The van der Waals surface area contributed by atoms with E-state index < -0.39 is 0 Å². The Bertz CT molecular complexity index is 1100. The first-order valence-corrected chi connectivity index (χ1v) is 11.2. The summed E-state index contributed by atoms with van der Waals surface area (Å²) in [5.41, 5.74) is 4.50. The van der Waals surface area contributed by atoms with Gasteiger partial charge < -0.3 is 14.2 Å². The third-order valence-corrected chi connectivity index (χ3v) is 5.02. The molecule has 3 aromatic carbocycles. The Labute approximate surface area is 200 Å². The Kier molecular flexibility index (Phi) is 8.83. The lowest BCUT2D eigenvalue weighted by Gasteiger charge is -2.14. The molecular formula is C25H24BrFN2O4. The van der Waals surface area contributed by atoms with E-state index in [4.69, 9.17) is 14.2 Å². The molecule has 1 N–H and O–H groups in total. The molecule has 172 valence electrons. The predicted octanol–water partition coefficient (Wildman–Crippen LogP) is 5.73. The maximum atomic E-state index is 13.1. The van der Waals surface area contributed by atoms with Crippen molar-refractivity contribution in [3.05, 3.63) is 87.6 Å². The molecule has 3 rings (SSSR count). The Morgan fingerprint density at radius 3 is 2.36 bits per heavy atom. The number of rotatable bonds is 10. The van der Waals surface area contributed by atoms with Gasteiger partial charge in [-0.3, -0.25) is 4.79 Å². The molecule has 8 heteroatoms. The van der Waals surface area contributed by atoms with E-state index in [9.17, 15) is 9.18 Å². The van der Waals surface area contributed by atoms with E-state index in [1.807, 2.05) is 13.8 Å². The number of nitrogens with one attached hydrogen (secondary N) is 1. The average molecular weight is 515 g/mol. The van der Waals surface area contributed by atoms with Crippen molar-refractivity contribution in [1.29, 1.82) is 0 Å². The fourth-order valence-electron chi connectivity index (χ4n) is 2.90. The van der Waals surface area contributed by atoms with Crippen LogP contribution in [0.25, 0.3) is 0 Å². The molecule has 0 aliphatic carbocycles. The van der Waals surface area contributed by atoms with E-state index in [0.29, 0.717) is 46.1 Å². The van der Waals surface area contributed by atoms with Gasteiger partial charge in [-0.25, -0.2) is 9.82 Å². The third kappa shape index (κ3) is 7.05. The fourth-order valence-corrected chi connectivity index (χ4v) is 3.47. The van der Waals surface area contributed by atoms with Gasteiger partial charge in [-0.1, -0.05) is 12.1 Å². The summed E-state index contributed by atoms with van der Waals surface area (Å²) >= 11 is 3.50. The summed E-state index contributed by atoms with van der Waals surface area (Å²) in [6.45, 7) is 5.02. The summed E-state index contributed by atoms with van der Waals surface area (Å²) < 4.78 is 30.8. The first-order valence-electron chi connectivity index (χ1n) is 10.4. The number of nitrogens with zero attached hydrogens (tertiary/aromatic N) is 1. The summed E-state index contributed by atoms with van der Waals surface area (Å²) in [6.07, 6.45) is 1.52. The van der Waals surface area contributed by atoms with E-state index in [2.05, 4.69) is 26.5 Å². The molecule has 0 atom stereocenters. The van der Waals surface area contributed by atoms with Crippen LogP contribution in [0.1, 0.15) is 35.3 Å². The molecule has 0 aliphatic heterocycles. The topological polar surface area (TPSA) is 69.2 Å². The first-order chi connectivity index (χ1) is 16.0. The summed E-state index contributed by atoms with van der Waals surface area (Å²) in [7, 11) is 0. The highest BCUT2D eigenvalue weighted by Crippen LogP contribution is 2.37. The molecule has 6 nitrogen and oxygen atoms in total. The highest BCUT2D eigenvalue weighted by Gasteiger charge is 2.12. The molecule has 0 bridgehead atoms. The minimum atomic E-state index is -0.336. The van der Waals surface area contributed by atoms with Gasteiger partial charge in [-0.05, 0) is 89.4 Å². The SMILES string of the molecule is CCOc1ccc(C(=O)N/N=C\c2cc(Br)c(OCc3ccc(F)cc3)c(OCC)c2)cc1. The number of hydrogen-bond donors (Lipinski definition) is 1. The zero-order valence-corrected chi connectivity index (χ0v) is 19.9. The highest BCUT2D eigenvalue weighted by atomic mass is 79.9. The Balaban J connectivity index is 1.67. The molecule has 1 amide bonds. The first kappa shape index (κ1) is 24.3. The lowest BCUT2D eigenvalue weighted by Crippen LogP contribution is -2.17. The van der Waals surface area contributed by atoms with Gasteiger partial charge >= 0.3 is 0 Å². The second-order valence-electron chi connectivity index (χ2n) is 6.83. The molecule has 0 heterocycles. The molecule has 0 fully saturated rings. The number of amides is 1. The lowest BCUT2D eigenvalue weighted by atomic mass is 10.2.